The van der Waals surface area contributed by atoms with E-state index in [9.17, 15) is 4.79 Å². The SMILES string of the molecule is [C-]#[N+]C(C(=O)c1ccnc(OC)c1)c1ccccc1. The van der Waals surface area contributed by atoms with Crippen LogP contribution in [0.5, 0.6) is 5.88 Å². The largest absolute Gasteiger partial charge is 0.481 e. The number of nitrogens with zero attached hydrogens (tertiary/aromatic N) is 2. The van der Waals surface area contributed by atoms with E-state index in [-0.39, 0.29) is 5.78 Å². The smallest absolute Gasteiger partial charge is 0.310 e. The second-order valence-electron chi connectivity index (χ2n) is 3.89. The van der Waals surface area contributed by atoms with Crippen molar-refractivity contribution in [3.63, 3.8) is 0 Å². The van der Waals surface area contributed by atoms with E-state index in [2.05, 4.69) is 9.83 Å². The summed E-state index contributed by atoms with van der Waals surface area (Å²) in [6.07, 6.45) is 1.50. The van der Waals surface area contributed by atoms with Crippen LogP contribution >= 0.6 is 0 Å². The standard InChI is InChI=1S/C15H12N2O2/c1-16-14(11-6-4-3-5-7-11)15(18)12-8-9-17-13(10-12)19-2/h3-10,14H,2H3. The average molecular weight is 252 g/mol. The third kappa shape index (κ3) is 2.78. The highest BCUT2D eigenvalue weighted by atomic mass is 16.5. The molecule has 2 rings (SSSR count). The number of ether oxygens (including phenoxy) is 1. The molecule has 1 aromatic carbocycles. The lowest BCUT2D eigenvalue weighted by Gasteiger charge is -2.06. The minimum atomic E-state index is -0.826. The number of hydrogen-bond acceptors (Lipinski definition) is 3. The number of Topliss-reactive ketones (excluding diaryl/α,β-unsaturated/α-hetero) is 1. The van der Waals surface area contributed by atoms with Crippen LogP contribution in [0.15, 0.2) is 48.7 Å². The van der Waals surface area contributed by atoms with Crippen LogP contribution in [0.1, 0.15) is 22.0 Å². The molecule has 4 heteroatoms. The molecule has 0 amide bonds. The van der Waals surface area contributed by atoms with Gasteiger partial charge in [-0.2, -0.15) is 0 Å². The number of carbonyl (C=O) groups excluding carboxylic acids is 1. The molecule has 0 aliphatic rings. The molecule has 1 heterocycles. The molecule has 0 fully saturated rings. The van der Waals surface area contributed by atoms with Crippen molar-refractivity contribution in [1.82, 2.24) is 4.98 Å². The maximum absolute atomic E-state index is 12.3. The third-order valence-corrected chi connectivity index (χ3v) is 2.72. The fourth-order valence-electron chi connectivity index (χ4n) is 1.75. The van der Waals surface area contributed by atoms with E-state index in [4.69, 9.17) is 11.3 Å². The molecule has 4 nitrogen and oxygen atoms in total. The fourth-order valence-corrected chi connectivity index (χ4v) is 1.75. The van der Waals surface area contributed by atoms with Crippen LogP contribution in [0.4, 0.5) is 0 Å². The van der Waals surface area contributed by atoms with Crippen molar-refractivity contribution in [3.05, 3.63) is 71.2 Å². The highest BCUT2D eigenvalue weighted by Crippen LogP contribution is 2.23. The summed E-state index contributed by atoms with van der Waals surface area (Å²) in [4.78, 5) is 19.7. The van der Waals surface area contributed by atoms with Gasteiger partial charge < -0.3 is 4.74 Å². The van der Waals surface area contributed by atoms with Crippen LogP contribution in [0, 0.1) is 6.57 Å². The molecule has 0 aliphatic heterocycles. The van der Waals surface area contributed by atoms with Crippen LogP contribution in [0.2, 0.25) is 0 Å². The van der Waals surface area contributed by atoms with Crippen molar-refractivity contribution in [3.8, 4) is 5.88 Å². The number of benzene rings is 1. The second kappa shape index (κ2) is 5.78. The van der Waals surface area contributed by atoms with E-state index in [1.54, 1.807) is 24.3 Å². The van der Waals surface area contributed by atoms with Gasteiger partial charge in [0.05, 0.1) is 7.11 Å². The molecule has 0 spiro atoms. The van der Waals surface area contributed by atoms with Gasteiger partial charge in [0.2, 0.25) is 11.7 Å². The molecule has 1 aromatic heterocycles. The minimum Gasteiger partial charge on any atom is -0.481 e. The summed E-state index contributed by atoms with van der Waals surface area (Å²) in [5.74, 6) is 0.115. The third-order valence-electron chi connectivity index (χ3n) is 2.72. The second-order valence-corrected chi connectivity index (χ2v) is 3.89. The summed E-state index contributed by atoms with van der Waals surface area (Å²) in [6, 6.07) is 11.3. The minimum absolute atomic E-state index is 0.248. The van der Waals surface area contributed by atoms with Gasteiger partial charge in [0, 0.05) is 23.4 Å². The van der Waals surface area contributed by atoms with Gasteiger partial charge in [0.15, 0.2) is 0 Å². The van der Waals surface area contributed by atoms with Gasteiger partial charge in [0.1, 0.15) is 0 Å². The lowest BCUT2D eigenvalue weighted by molar-refractivity contribution is 0.0975. The highest BCUT2D eigenvalue weighted by molar-refractivity contribution is 6.01. The molecule has 1 atom stereocenters. The lowest BCUT2D eigenvalue weighted by atomic mass is 9.99. The predicted octanol–water partition coefficient (Wildman–Crippen LogP) is 2.93. The summed E-state index contributed by atoms with van der Waals surface area (Å²) >= 11 is 0. The number of pyridine rings is 1. The van der Waals surface area contributed by atoms with Gasteiger partial charge in [-0.1, -0.05) is 30.3 Å². The van der Waals surface area contributed by atoms with Crippen molar-refractivity contribution in [2.45, 2.75) is 6.04 Å². The number of aromatic nitrogens is 1. The van der Waals surface area contributed by atoms with Crippen LogP contribution < -0.4 is 4.74 Å². The molecule has 0 aliphatic carbocycles. The van der Waals surface area contributed by atoms with E-state index in [0.29, 0.717) is 17.0 Å². The number of hydrogen-bond donors (Lipinski definition) is 0. The number of carbonyl (C=O) groups is 1. The zero-order chi connectivity index (χ0) is 13.7. The molecule has 0 saturated carbocycles. The van der Waals surface area contributed by atoms with Gasteiger partial charge >= 0.3 is 6.04 Å². The Hall–Kier alpha value is -2.67. The Labute approximate surface area is 111 Å². The summed E-state index contributed by atoms with van der Waals surface area (Å²) in [7, 11) is 1.49. The monoisotopic (exact) mass is 252 g/mol. The molecule has 19 heavy (non-hydrogen) atoms. The topological polar surface area (TPSA) is 43.5 Å². The molecule has 0 bridgehead atoms. The molecule has 0 radical (unpaired) electrons. The molecule has 1 unspecified atom stereocenters. The average Bonchev–Trinajstić information content (AvgIpc) is 2.49. The first-order valence-electron chi connectivity index (χ1n) is 5.72. The number of rotatable bonds is 4. The summed E-state index contributed by atoms with van der Waals surface area (Å²) in [6.45, 7) is 7.23. The molecular weight excluding hydrogens is 240 g/mol. The Morgan fingerprint density at radius 2 is 2.05 bits per heavy atom. The summed E-state index contributed by atoms with van der Waals surface area (Å²) in [5, 5.41) is 0. The number of methoxy groups -OCH3 is 1. The molecular formula is C15H12N2O2. The van der Waals surface area contributed by atoms with Gasteiger partial charge in [-0.05, 0) is 6.07 Å². The Bertz CT molecular complexity index is 618. The van der Waals surface area contributed by atoms with E-state index < -0.39 is 6.04 Å². The van der Waals surface area contributed by atoms with Crippen LogP contribution in [0.25, 0.3) is 4.85 Å². The van der Waals surface area contributed by atoms with Crippen LogP contribution in [-0.2, 0) is 0 Å². The maximum Gasteiger partial charge on any atom is 0.310 e. The van der Waals surface area contributed by atoms with Gasteiger partial charge in [0.25, 0.3) is 0 Å². The number of ketones is 1. The Morgan fingerprint density at radius 1 is 1.32 bits per heavy atom. The normalized spacial score (nSPS) is 11.4. The Morgan fingerprint density at radius 3 is 2.68 bits per heavy atom. The Kier molecular flexibility index (Phi) is 3.89. The van der Waals surface area contributed by atoms with E-state index in [0.717, 1.165) is 0 Å². The first-order chi connectivity index (χ1) is 9.26. The van der Waals surface area contributed by atoms with Gasteiger partial charge in [-0.15, -0.1) is 0 Å². The van der Waals surface area contributed by atoms with Gasteiger partial charge in [-0.25, -0.2) is 11.6 Å². The molecule has 0 N–H and O–H groups in total. The van der Waals surface area contributed by atoms with Gasteiger partial charge in [-0.3, -0.25) is 9.64 Å². The van der Waals surface area contributed by atoms with Crippen molar-refractivity contribution < 1.29 is 9.53 Å². The lowest BCUT2D eigenvalue weighted by Crippen LogP contribution is -2.10. The molecule has 2 aromatic rings. The molecule has 0 saturated heterocycles. The Balaban J connectivity index is 2.34. The fraction of sp³-hybridized carbons (Fsp3) is 0.133. The van der Waals surface area contributed by atoms with Crippen molar-refractivity contribution >= 4 is 5.78 Å². The van der Waals surface area contributed by atoms with Crippen molar-refractivity contribution in [2.24, 2.45) is 0 Å². The van der Waals surface area contributed by atoms with Crippen molar-refractivity contribution in [1.29, 1.82) is 0 Å². The van der Waals surface area contributed by atoms with Crippen LogP contribution in [0.3, 0.4) is 0 Å². The summed E-state index contributed by atoms with van der Waals surface area (Å²) in [5.41, 5.74) is 1.12. The zero-order valence-electron chi connectivity index (χ0n) is 10.4. The first-order valence-corrected chi connectivity index (χ1v) is 5.72. The van der Waals surface area contributed by atoms with E-state index in [1.165, 1.54) is 13.3 Å². The zero-order valence-corrected chi connectivity index (χ0v) is 10.4. The summed E-state index contributed by atoms with van der Waals surface area (Å²) < 4.78 is 4.98. The van der Waals surface area contributed by atoms with E-state index in [1.807, 2.05) is 18.2 Å². The predicted molar refractivity (Wildman–Crippen MR) is 70.9 cm³/mol. The highest BCUT2D eigenvalue weighted by Gasteiger charge is 2.27. The maximum atomic E-state index is 12.3. The van der Waals surface area contributed by atoms with Crippen LogP contribution in [-0.4, -0.2) is 17.9 Å². The quantitative estimate of drug-likeness (QED) is 0.620. The van der Waals surface area contributed by atoms with Crippen molar-refractivity contribution in [2.75, 3.05) is 7.11 Å². The molecule has 94 valence electrons. The first kappa shape index (κ1) is 12.8. The van der Waals surface area contributed by atoms with E-state index >= 15 is 0 Å².